The number of rotatable bonds is 2. The Morgan fingerprint density at radius 3 is 1.67 bits per heavy atom. The van der Waals surface area contributed by atoms with Crippen molar-refractivity contribution >= 4 is 43.1 Å². The predicted octanol–water partition coefficient (Wildman–Crippen LogP) is 9.23. The number of halogens is 5. The summed E-state index contributed by atoms with van der Waals surface area (Å²) in [7, 11) is 0. The van der Waals surface area contributed by atoms with Crippen LogP contribution in [0.3, 0.4) is 0 Å². The second-order valence-electron chi connectivity index (χ2n) is 10.7. The van der Waals surface area contributed by atoms with Gasteiger partial charge in [0.2, 0.25) is 6.19 Å². The van der Waals surface area contributed by atoms with Crippen LogP contribution in [0, 0.1) is 36.6 Å². The fourth-order valence-electron chi connectivity index (χ4n) is 6.11. The normalized spacial score (nSPS) is 12.9. The second-order valence-corrected chi connectivity index (χ2v) is 10.7. The molecule has 0 amide bonds. The summed E-state index contributed by atoms with van der Waals surface area (Å²) in [5.41, 5.74) is 1.34. The SMILES string of the molecule is [C-]#[N+]/N=c1\c2cc(-c3ccc(F)c(C)c3)ccc2c2cc3c(=NC#N)c4cc(-c5ccc(F)c(C(F)(F)F)c5)ccc4c3cc12. The summed E-state index contributed by atoms with van der Waals surface area (Å²) in [5, 5.41) is 20.2. The highest BCUT2D eigenvalue weighted by Crippen LogP contribution is 2.37. The maximum absolute atomic E-state index is 14.0. The number of hydrogen-bond acceptors (Lipinski definition) is 3. The number of nitrogens with zero attached hydrogens (tertiary/aromatic N) is 4. The molecule has 0 atom stereocenters. The van der Waals surface area contributed by atoms with Crippen molar-refractivity contribution < 1.29 is 22.0 Å². The summed E-state index contributed by atoms with van der Waals surface area (Å²) < 4.78 is 68.1. The Labute approximate surface area is 251 Å². The Kier molecular flexibility index (Phi) is 6.24. The van der Waals surface area contributed by atoms with Crippen molar-refractivity contribution in [3.63, 3.8) is 0 Å². The van der Waals surface area contributed by atoms with Crippen LogP contribution in [0.25, 0.3) is 70.3 Å². The molecular weight excluding hydrogens is 583 g/mol. The van der Waals surface area contributed by atoms with Crippen LogP contribution in [-0.4, -0.2) is 0 Å². The van der Waals surface area contributed by atoms with Gasteiger partial charge in [0.1, 0.15) is 11.6 Å². The van der Waals surface area contributed by atoms with E-state index in [0.29, 0.717) is 43.4 Å². The first-order valence-corrected chi connectivity index (χ1v) is 13.6. The summed E-state index contributed by atoms with van der Waals surface area (Å²) in [6.07, 6.45) is -3.02. The van der Waals surface area contributed by atoms with Crippen molar-refractivity contribution in [2.24, 2.45) is 10.1 Å². The monoisotopic (exact) mass is 600 g/mol. The van der Waals surface area contributed by atoms with Crippen LogP contribution >= 0.6 is 0 Å². The smallest absolute Gasteiger partial charge is 0.207 e. The third-order valence-corrected chi connectivity index (χ3v) is 8.21. The Balaban J connectivity index is 1.50. The van der Waals surface area contributed by atoms with Gasteiger partial charge in [-0.2, -0.15) is 30.0 Å². The molecule has 0 aliphatic heterocycles. The molecule has 0 radical (unpaired) electrons. The maximum atomic E-state index is 14.0. The number of benzene rings is 5. The van der Waals surface area contributed by atoms with E-state index in [9.17, 15) is 27.2 Å². The lowest BCUT2D eigenvalue weighted by Crippen LogP contribution is -2.08. The molecule has 0 spiro atoms. The van der Waals surface area contributed by atoms with E-state index in [1.807, 2.05) is 36.5 Å². The van der Waals surface area contributed by atoms with E-state index in [0.717, 1.165) is 44.8 Å². The van der Waals surface area contributed by atoms with E-state index >= 15 is 0 Å². The molecular formula is C36H17F5N4. The first-order valence-electron chi connectivity index (χ1n) is 13.6. The Morgan fingerprint density at radius 2 is 1.11 bits per heavy atom. The lowest BCUT2D eigenvalue weighted by molar-refractivity contribution is -0.139. The minimum absolute atomic E-state index is 0.161. The van der Waals surface area contributed by atoms with Gasteiger partial charge >= 0.3 is 6.18 Å². The maximum Gasteiger partial charge on any atom is 0.419 e. The second kappa shape index (κ2) is 10.1. The molecule has 7 rings (SSSR count). The summed E-state index contributed by atoms with van der Waals surface area (Å²) in [6, 6.07) is 22.2. The van der Waals surface area contributed by atoms with Crippen molar-refractivity contribution in [3.05, 3.63) is 130 Å². The summed E-state index contributed by atoms with van der Waals surface area (Å²) in [6.45, 7) is 9.19. The average Bonchev–Trinajstić information content (AvgIpc) is 3.48. The molecule has 0 saturated heterocycles. The van der Waals surface area contributed by atoms with Crippen LogP contribution < -0.4 is 10.7 Å². The van der Waals surface area contributed by atoms with Crippen molar-refractivity contribution in [2.45, 2.75) is 13.1 Å². The standard InChI is InChI=1S/C36H17F5N4/c1-18-11-19(5-9-32(18)37)20-3-8-24-26-15-29-25(16-30(26)35(45-43-2)28(24)13-20)23-7-4-21(12-27(23)34(29)44-17-42)22-6-10-33(38)31(14-22)36(39,40)41/h3-16H,1H3/b44-34?,45-35+. The quantitative estimate of drug-likeness (QED) is 0.0845. The first-order chi connectivity index (χ1) is 21.6. The highest BCUT2D eigenvalue weighted by molar-refractivity contribution is 6.21. The van der Waals surface area contributed by atoms with Crippen LogP contribution in [0.4, 0.5) is 22.0 Å². The van der Waals surface area contributed by atoms with Crippen molar-refractivity contribution in [2.75, 3.05) is 0 Å². The van der Waals surface area contributed by atoms with E-state index in [4.69, 9.17) is 6.57 Å². The Morgan fingerprint density at radius 1 is 0.622 bits per heavy atom. The van der Waals surface area contributed by atoms with E-state index in [1.54, 1.807) is 37.3 Å². The molecule has 0 aliphatic rings. The third-order valence-electron chi connectivity index (χ3n) is 8.21. The number of nitriles is 1. The van der Waals surface area contributed by atoms with Gasteiger partial charge in [-0.05, 0) is 105 Å². The molecule has 0 bridgehead atoms. The molecule has 0 unspecified atom stereocenters. The van der Waals surface area contributed by atoms with Gasteiger partial charge in [0.15, 0.2) is 5.36 Å². The van der Waals surface area contributed by atoms with E-state index in [-0.39, 0.29) is 11.4 Å². The van der Waals surface area contributed by atoms with Crippen LogP contribution in [0.2, 0.25) is 0 Å². The highest BCUT2D eigenvalue weighted by atomic mass is 19.4. The number of fused-ring (bicyclic) bond motifs is 6. The molecule has 7 aromatic rings. The van der Waals surface area contributed by atoms with Crippen LogP contribution in [0.5, 0.6) is 0 Å². The summed E-state index contributed by atoms with van der Waals surface area (Å²) in [5.74, 6) is -1.67. The van der Waals surface area contributed by atoms with Crippen molar-refractivity contribution in [1.29, 1.82) is 5.26 Å². The molecule has 4 nitrogen and oxygen atoms in total. The zero-order chi connectivity index (χ0) is 31.6. The highest BCUT2D eigenvalue weighted by Gasteiger charge is 2.34. The topological polar surface area (TPSA) is 52.9 Å². The minimum atomic E-state index is -4.86. The lowest BCUT2D eigenvalue weighted by atomic mass is 10.00. The number of alkyl halides is 3. The first kappa shape index (κ1) is 27.9. The Hall–Kier alpha value is -5.93. The van der Waals surface area contributed by atoms with Gasteiger partial charge in [0.05, 0.1) is 16.0 Å². The van der Waals surface area contributed by atoms with Gasteiger partial charge in [-0.25, -0.2) is 8.78 Å². The number of aryl methyl sites for hydroxylation is 1. The summed E-state index contributed by atoms with van der Waals surface area (Å²) >= 11 is 0. The zero-order valence-electron chi connectivity index (χ0n) is 23.3. The van der Waals surface area contributed by atoms with Gasteiger partial charge in [0.25, 0.3) is 0 Å². The zero-order valence-corrected chi connectivity index (χ0v) is 23.3. The van der Waals surface area contributed by atoms with Gasteiger partial charge in [-0.3, -0.25) is 0 Å². The molecule has 0 aliphatic carbocycles. The van der Waals surface area contributed by atoms with E-state index in [2.05, 4.69) is 15.0 Å². The largest absolute Gasteiger partial charge is 0.419 e. The molecule has 0 heterocycles. The molecule has 0 fully saturated rings. The molecule has 45 heavy (non-hydrogen) atoms. The van der Waals surface area contributed by atoms with Gasteiger partial charge in [-0.1, -0.05) is 36.4 Å². The van der Waals surface area contributed by atoms with Gasteiger partial charge in [-0.15, -0.1) is 4.95 Å². The van der Waals surface area contributed by atoms with Crippen LogP contribution in [0.15, 0.2) is 95.0 Å². The van der Waals surface area contributed by atoms with Gasteiger partial charge in [0, 0.05) is 21.5 Å². The van der Waals surface area contributed by atoms with Gasteiger partial charge < -0.3 is 0 Å². The van der Waals surface area contributed by atoms with E-state index in [1.165, 1.54) is 12.1 Å². The fraction of sp³-hybridized carbons (Fsp3) is 0.0556. The predicted molar refractivity (Wildman–Crippen MR) is 163 cm³/mol. The lowest BCUT2D eigenvalue weighted by Gasteiger charge is -2.10. The van der Waals surface area contributed by atoms with Crippen molar-refractivity contribution in [1.82, 2.24) is 0 Å². The van der Waals surface area contributed by atoms with Crippen LogP contribution in [0.1, 0.15) is 11.1 Å². The number of hydrogen-bond donors (Lipinski definition) is 0. The van der Waals surface area contributed by atoms with Crippen LogP contribution in [-0.2, 0) is 6.18 Å². The van der Waals surface area contributed by atoms with Crippen molar-refractivity contribution in [3.8, 4) is 28.4 Å². The summed E-state index contributed by atoms with van der Waals surface area (Å²) in [4.78, 5) is 7.41. The fourth-order valence-corrected chi connectivity index (χ4v) is 6.11. The molecule has 0 N–H and O–H groups in total. The molecule has 0 aromatic heterocycles. The molecule has 216 valence electrons. The van der Waals surface area contributed by atoms with E-state index < -0.39 is 17.6 Å². The average molecular weight is 601 g/mol. The molecule has 7 aromatic carbocycles. The molecule has 0 saturated carbocycles. The third kappa shape index (κ3) is 4.40. The Bertz CT molecular complexity index is 2590. The minimum Gasteiger partial charge on any atom is -0.207 e. The molecule has 9 heteroatoms.